The van der Waals surface area contributed by atoms with Crippen LogP contribution < -0.4 is 5.32 Å². The number of piperidine rings is 1. The van der Waals surface area contributed by atoms with Gasteiger partial charge < -0.3 is 5.32 Å². The Kier molecular flexibility index (Phi) is 6.73. The molecule has 1 unspecified atom stereocenters. The summed E-state index contributed by atoms with van der Waals surface area (Å²) in [4.78, 5) is 14.7. The van der Waals surface area contributed by atoms with E-state index >= 15 is 0 Å². The maximum absolute atomic E-state index is 13.2. The molecular formula is C21H28ClFN4O. The van der Waals surface area contributed by atoms with Gasteiger partial charge in [0.05, 0.1) is 5.69 Å². The molecule has 1 N–H and O–H groups in total. The Balaban J connectivity index is 1.50. The first-order valence-corrected chi connectivity index (χ1v) is 10.2. The van der Waals surface area contributed by atoms with Crippen molar-refractivity contribution < 1.29 is 9.18 Å². The number of benzene rings is 1. The third-order valence-electron chi connectivity index (χ3n) is 5.50. The van der Waals surface area contributed by atoms with Gasteiger partial charge in [0.25, 0.3) is 0 Å². The number of aryl methyl sites for hydroxylation is 3. The van der Waals surface area contributed by atoms with Crippen LogP contribution in [0.4, 0.5) is 10.1 Å². The van der Waals surface area contributed by atoms with E-state index in [0.717, 1.165) is 55.7 Å². The van der Waals surface area contributed by atoms with E-state index in [-0.39, 0.29) is 11.7 Å². The van der Waals surface area contributed by atoms with Crippen LogP contribution in [0.1, 0.15) is 42.5 Å². The minimum atomic E-state index is -0.290. The molecule has 1 aliphatic heterocycles. The molecule has 0 saturated carbocycles. The van der Waals surface area contributed by atoms with E-state index in [9.17, 15) is 9.18 Å². The summed E-state index contributed by atoms with van der Waals surface area (Å²) in [5.41, 5.74) is 3.48. The van der Waals surface area contributed by atoms with Crippen molar-refractivity contribution in [2.45, 2.75) is 46.1 Å². The van der Waals surface area contributed by atoms with Gasteiger partial charge in [-0.2, -0.15) is 5.10 Å². The van der Waals surface area contributed by atoms with E-state index in [4.69, 9.17) is 11.6 Å². The van der Waals surface area contributed by atoms with Crippen LogP contribution in [0.25, 0.3) is 0 Å². The molecule has 2 heterocycles. The van der Waals surface area contributed by atoms with Gasteiger partial charge >= 0.3 is 0 Å². The van der Waals surface area contributed by atoms with Crippen LogP contribution in [-0.4, -0.2) is 33.7 Å². The second-order valence-electron chi connectivity index (χ2n) is 7.77. The molecule has 2 aromatic rings. The molecular weight excluding hydrogens is 379 g/mol. The zero-order valence-corrected chi connectivity index (χ0v) is 17.5. The highest BCUT2D eigenvalue weighted by Crippen LogP contribution is 2.26. The highest BCUT2D eigenvalue weighted by atomic mass is 35.5. The molecule has 3 rings (SSSR count). The van der Waals surface area contributed by atoms with E-state index < -0.39 is 0 Å². The Morgan fingerprint density at radius 3 is 2.86 bits per heavy atom. The minimum Gasteiger partial charge on any atom is -0.326 e. The van der Waals surface area contributed by atoms with Crippen molar-refractivity contribution in [3.8, 4) is 0 Å². The van der Waals surface area contributed by atoms with E-state index in [2.05, 4.69) is 15.3 Å². The number of hydrogen-bond donors (Lipinski definition) is 1. The van der Waals surface area contributed by atoms with Crippen molar-refractivity contribution in [2.24, 2.45) is 13.0 Å². The fraction of sp³-hybridized carbons (Fsp3) is 0.524. The van der Waals surface area contributed by atoms with Crippen molar-refractivity contribution in [2.75, 3.05) is 18.4 Å². The fourth-order valence-corrected chi connectivity index (χ4v) is 4.16. The lowest BCUT2D eigenvalue weighted by molar-refractivity contribution is -0.116. The number of rotatable bonds is 6. The van der Waals surface area contributed by atoms with Gasteiger partial charge in [0.15, 0.2) is 0 Å². The van der Waals surface area contributed by atoms with Crippen molar-refractivity contribution in [1.82, 2.24) is 14.7 Å². The van der Waals surface area contributed by atoms with Crippen molar-refractivity contribution in [1.29, 1.82) is 0 Å². The molecule has 1 aromatic carbocycles. The zero-order valence-electron chi connectivity index (χ0n) is 16.8. The lowest BCUT2D eigenvalue weighted by atomic mass is 9.93. The summed E-state index contributed by atoms with van der Waals surface area (Å²) < 4.78 is 14.9. The van der Waals surface area contributed by atoms with E-state index in [1.54, 1.807) is 17.7 Å². The molecule has 0 radical (unpaired) electrons. The Morgan fingerprint density at radius 2 is 2.18 bits per heavy atom. The van der Waals surface area contributed by atoms with E-state index in [1.165, 1.54) is 12.1 Å². The molecule has 152 valence electrons. The molecule has 0 aliphatic carbocycles. The number of carbonyl (C=O) groups is 1. The largest absolute Gasteiger partial charge is 0.326 e. The summed E-state index contributed by atoms with van der Waals surface area (Å²) >= 11 is 6.37. The molecule has 0 spiro atoms. The van der Waals surface area contributed by atoms with Gasteiger partial charge in [-0.1, -0.05) is 11.6 Å². The highest BCUT2D eigenvalue weighted by Gasteiger charge is 2.23. The number of hydrogen-bond acceptors (Lipinski definition) is 3. The van der Waals surface area contributed by atoms with Crippen LogP contribution in [0.15, 0.2) is 18.2 Å². The first-order valence-electron chi connectivity index (χ1n) is 9.80. The molecule has 1 fully saturated rings. The number of carbonyl (C=O) groups excluding carboxylic acids is 1. The van der Waals surface area contributed by atoms with Gasteiger partial charge in [0.1, 0.15) is 11.0 Å². The number of amides is 1. The summed E-state index contributed by atoms with van der Waals surface area (Å²) in [5, 5.41) is 7.99. The molecule has 5 nitrogen and oxygen atoms in total. The standard InChI is InChI=1S/C21H28ClFN4O/c1-14-11-17(23)7-8-19(14)24-20(28)9-6-16-5-4-10-27(12-16)13-18-15(2)25-26(3)21(18)22/h7-8,11,16H,4-6,9-10,12-13H2,1-3H3,(H,24,28). The topological polar surface area (TPSA) is 50.2 Å². The van der Waals surface area contributed by atoms with Crippen LogP contribution in [0, 0.1) is 25.6 Å². The lowest BCUT2D eigenvalue weighted by Gasteiger charge is -2.32. The molecule has 1 aliphatic rings. The summed E-state index contributed by atoms with van der Waals surface area (Å²) in [6.07, 6.45) is 3.59. The zero-order chi connectivity index (χ0) is 20.3. The summed E-state index contributed by atoms with van der Waals surface area (Å²) in [5.74, 6) is 0.185. The molecule has 7 heteroatoms. The van der Waals surface area contributed by atoms with Gasteiger partial charge in [-0.25, -0.2) is 4.39 Å². The monoisotopic (exact) mass is 406 g/mol. The van der Waals surface area contributed by atoms with Gasteiger partial charge in [0, 0.05) is 37.8 Å². The van der Waals surface area contributed by atoms with E-state index in [0.29, 0.717) is 23.2 Å². The second kappa shape index (κ2) is 9.05. The van der Waals surface area contributed by atoms with Crippen LogP contribution in [-0.2, 0) is 18.4 Å². The summed E-state index contributed by atoms with van der Waals surface area (Å²) in [7, 11) is 1.86. The summed E-state index contributed by atoms with van der Waals surface area (Å²) in [6, 6.07) is 4.41. The Bertz CT molecular complexity index is 851. The minimum absolute atomic E-state index is 0.0158. The normalized spacial score (nSPS) is 17.7. The van der Waals surface area contributed by atoms with Crippen molar-refractivity contribution in [3.05, 3.63) is 46.0 Å². The number of anilines is 1. The first kappa shape index (κ1) is 20.8. The molecule has 0 bridgehead atoms. The van der Waals surface area contributed by atoms with Crippen molar-refractivity contribution >= 4 is 23.2 Å². The van der Waals surface area contributed by atoms with Gasteiger partial charge in [-0.05, 0) is 69.3 Å². The lowest BCUT2D eigenvalue weighted by Crippen LogP contribution is -2.35. The first-order chi connectivity index (χ1) is 13.3. The molecule has 28 heavy (non-hydrogen) atoms. The third kappa shape index (κ3) is 5.11. The van der Waals surface area contributed by atoms with Crippen LogP contribution >= 0.6 is 11.6 Å². The summed E-state index contributed by atoms with van der Waals surface area (Å²) in [6.45, 7) is 6.60. The van der Waals surface area contributed by atoms with Gasteiger partial charge in [-0.3, -0.25) is 14.4 Å². The number of halogens is 2. The fourth-order valence-electron chi connectivity index (χ4n) is 3.92. The maximum Gasteiger partial charge on any atom is 0.224 e. The molecule has 1 amide bonds. The van der Waals surface area contributed by atoms with Crippen LogP contribution in [0.3, 0.4) is 0 Å². The molecule has 1 atom stereocenters. The van der Waals surface area contributed by atoms with Crippen LogP contribution in [0.5, 0.6) is 0 Å². The van der Waals surface area contributed by atoms with E-state index in [1.807, 2.05) is 14.0 Å². The van der Waals surface area contributed by atoms with Gasteiger partial charge in [0.2, 0.25) is 5.91 Å². The smallest absolute Gasteiger partial charge is 0.224 e. The predicted molar refractivity (Wildman–Crippen MR) is 110 cm³/mol. The Morgan fingerprint density at radius 1 is 1.39 bits per heavy atom. The van der Waals surface area contributed by atoms with Crippen molar-refractivity contribution in [3.63, 3.8) is 0 Å². The SMILES string of the molecule is Cc1cc(F)ccc1NC(=O)CCC1CCCN(Cc2c(C)nn(C)c2Cl)C1. The number of aromatic nitrogens is 2. The number of likely N-dealkylation sites (tertiary alicyclic amines) is 1. The Labute approximate surface area is 170 Å². The number of nitrogens with zero attached hydrogens (tertiary/aromatic N) is 3. The van der Waals surface area contributed by atoms with Gasteiger partial charge in [-0.15, -0.1) is 0 Å². The maximum atomic E-state index is 13.2. The third-order valence-corrected chi connectivity index (χ3v) is 5.97. The highest BCUT2D eigenvalue weighted by molar-refractivity contribution is 6.30. The number of nitrogens with one attached hydrogen (secondary N) is 1. The molecule has 1 saturated heterocycles. The average Bonchev–Trinajstić information content (AvgIpc) is 2.89. The average molecular weight is 407 g/mol. The Hall–Kier alpha value is -1.92. The predicted octanol–water partition coefficient (Wildman–Crippen LogP) is 4.46. The quantitative estimate of drug-likeness (QED) is 0.770. The molecule has 1 aromatic heterocycles. The van der Waals surface area contributed by atoms with Crippen LogP contribution in [0.2, 0.25) is 5.15 Å². The second-order valence-corrected chi connectivity index (χ2v) is 8.13.